The van der Waals surface area contributed by atoms with Crippen molar-refractivity contribution >= 4 is 22.5 Å². The van der Waals surface area contributed by atoms with Crippen molar-refractivity contribution in [1.82, 2.24) is 9.88 Å². The molecule has 2 nitrogen and oxygen atoms in total. The Morgan fingerprint density at radius 2 is 2.24 bits per heavy atom. The number of para-hydroxylation sites is 1. The Balaban J connectivity index is 2.25. The van der Waals surface area contributed by atoms with E-state index in [1.807, 2.05) is 13.1 Å². The number of hydrogen-bond donors (Lipinski definition) is 1. The number of aromatic nitrogens is 1. The summed E-state index contributed by atoms with van der Waals surface area (Å²) in [7, 11) is 4.18. The van der Waals surface area contributed by atoms with Gasteiger partial charge in [0.1, 0.15) is 0 Å². The van der Waals surface area contributed by atoms with Crippen molar-refractivity contribution in [1.29, 1.82) is 0 Å². The van der Waals surface area contributed by atoms with Crippen molar-refractivity contribution in [3.8, 4) is 0 Å². The van der Waals surface area contributed by atoms with Crippen molar-refractivity contribution in [2.75, 3.05) is 7.05 Å². The highest BCUT2D eigenvalue weighted by molar-refractivity contribution is 6.35. The van der Waals surface area contributed by atoms with Crippen LogP contribution in [0.5, 0.6) is 0 Å². The fraction of sp³-hybridized carbons (Fsp3) is 0.429. The number of nitrogens with one attached hydrogen (secondary N) is 1. The van der Waals surface area contributed by atoms with E-state index in [9.17, 15) is 0 Å². The van der Waals surface area contributed by atoms with E-state index >= 15 is 0 Å². The van der Waals surface area contributed by atoms with E-state index in [-0.39, 0.29) is 0 Å². The molecule has 3 heteroatoms. The van der Waals surface area contributed by atoms with Gasteiger partial charge < -0.3 is 9.88 Å². The summed E-state index contributed by atoms with van der Waals surface area (Å²) in [6.07, 6.45) is 3.47. The second-order valence-corrected chi connectivity index (χ2v) is 5.26. The minimum atomic E-state index is 0.601. The van der Waals surface area contributed by atoms with Crippen molar-refractivity contribution in [3.63, 3.8) is 0 Å². The Bertz CT molecular complexity index is 571. The highest BCUT2D eigenvalue weighted by Crippen LogP contribution is 2.34. The molecule has 0 saturated carbocycles. The van der Waals surface area contributed by atoms with Crippen LogP contribution in [0.15, 0.2) is 18.2 Å². The Morgan fingerprint density at radius 3 is 3.00 bits per heavy atom. The summed E-state index contributed by atoms with van der Waals surface area (Å²) in [6.45, 7) is 0. The van der Waals surface area contributed by atoms with Gasteiger partial charge in [-0.15, -0.1) is 0 Å². The third kappa shape index (κ3) is 1.59. The first-order valence-corrected chi connectivity index (χ1v) is 6.52. The van der Waals surface area contributed by atoms with Crippen LogP contribution in [0, 0.1) is 0 Å². The summed E-state index contributed by atoms with van der Waals surface area (Å²) in [6, 6.07) is 6.82. The van der Waals surface area contributed by atoms with Gasteiger partial charge in [0.05, 0.1) is 10.5 Å². The van der Waals surface area contributed by atoms with Crippen LogP contribution in [0.2, 0.25) is 5.02 Å². The number of rotatable bonds is 1. The molecular formula is C14H17ClN2. The SMILES string of the molecule is CNC1CCc2c(n(C)c3c(Cl)cccc23)C1. The van der Waals surface area contributed by atoms with E-state index in [1.54, 1.807) is 0 Å². The molecular weight excluding hydrogens is 232 g/mol. The zero-order chi connectivity index (χ0) is 12.0. The van der Waals surface area contributed by atoms with E-state index in [4.69, 9.17) is 11.6 Å². The van der Waals surface area contributed by atoms with E-state index in [0.717, 1.165) is 17.9 Å². The minimum absolute atomic E-state index is 0.601. The van der Waals surface area contributed by atoms with Gasteiger partial charge in [0, 0.05) is 30.6 Å². The fourth-order valence-corrected chi connectivity index (χ4v) is 3.33. The molecule has 0 spiro atoms. The summed E-state index contributed by atoms with van der Waals surface area (Å²) in [5, 5.41) is 5.58. The van der Waals surface area contributed by atoms with Gasteiger partial charge in [0.15, 0.2) is 0 Å². The molecule has 1 atom stereocenters. The maximum atomic E-state index is 6.32. The molecule has 0 bridgehead atoms. The molecule has 1 aromatic carbocycles. The molecule has 90 valence electrons. The van der Waals surface area contributed by atoms with E-state index < -0.39 is 0 Å². The Hall–Kier alpha value is -0.990. The number of likely N-dealkylation sites (N-methyl/N-ethyl adjacent to an activating group) is 1. The van der Waals surface area contributed by atoms with Crippen molar-refractivity contribution < 1.29 is 0 Å². The van der Waals surface area contributed by atoms with Crippen molar-refractivity contribution in [2.45, 2.75) is 25.3 Å². The molecule has 0 amide bonds. The topological polar surface area (TPSA) is 17.0 Å². The molecule has 0 radical (unpaired) electrons. The zero-order valence-corrected chi connectivity index (χ0v) is 11.0. The fourth-order valence-electron chi connectivity index (χ4n) is 3.03. The molecule has 0 fully saturated rings. The third-order valence-corrected chi connectivity index (χ3v) is 4.30. The molecule has 3 rings (SSSR count). The van der Waals surface area contributed by atoms with Crippen LogP contribution in [-0.2, 0) is 19.9 Å². The Morgan fingerprint density at radius 1 is 1.41 bits per heavy atom. The van der Waals surface area contributed by atoms with Crippen molar-refractivity contribution in [2.24, 2.45) is 7.05 Å². The minimum Gasteiger partial charge on any atom is -0.346 e. The first-order chi connectivity index (χ1) is 8.22. The van der Waals surface area contributed by atoms with Gasteiger partial charge in [-0.25, -0.2) is 0 Å². The van der Waals surface area contributed by atoms with Crippen LogP contribution in [0.1, 0.15) is 17.7 Å². The largest absolute Gasteiger partial charge is 0.346 e. The average Bonchev–Trinajstić information content (AvgIpc) is 2.64. The number of benzene rings is 1. The van der Waals surface area contributed by atoms with Gasteiger partial charge in [-0.3, -0.25) is 0 Å². The zero-order valence-electron chi connectivity index (χ0n) is 10.3. The summed E-state index contributed by atoms with van der Waals surface area (Å²) >= 11 is 6.32. The molecule has 1 aromatic heterocycles. The van der Waals surface area contributed by atoms with Crippen molar-refractivity contribution in [3.05, 3.63) is 34.5 Å². The first-order valence-electron chi connectivity index (χ1n) is 6.14. The maximum absolute atomic E-state index is 6.32. The summed E-state index contributed by atoms with van der Waals surface area (Å²) in [4.78, 5) is 0. The average molecular weight is 249 g/mol. The molecule has 1 aliphatic carbocycles. The van der Waals surface area contributed by atoms with Gasteiger partial charge in [-0.1, -0.05) is 23.7 Å². The highest BCUT2D eigenvalue weighted by atomic mass is 35.5. The molecule has 17 heavy (non-hydrogen) atoms. The smallest absolute Gasteiger partial charge is 0.0672 e. The lowest BCUT2D eigenvalue weighted by molar-refractivity contribution is 0.485. The number of fused-ring (bicyclic) bond motifs is 3. The molecule has 1 N–H and O–H groups in total. The number of halogens is 1. The first kappa shape index (κ1) is 11.1. The Labute approximate surface area is 107 Å². The monoisotopic (exact) mass is 248 g/mol. The predicted octanol–water partition coefficient (Wildman–Crippen LogP) is 2.91. The molecule has 1 aliphatic rings. The molecule has 0 aliphatic heterocycles. The van der Waals surface area contributed by atoms with Crippen LogP contribution < -0.4 is 5.32 Å². The summed E-state index contributed by atoms with van der Waals surface area (Å²) < 4.78 is 2.27. The summed E-state index contributed by atoms with van der Waals surface area (Å²) in [5.41, 5.74) is 4.13. The lowest BCUT2D eigenvalue weighted by Crippen LogP contribution is -2.32. The van der Waals surface area contributed by atoms with Crippen LogP contribution in [-0.4, -0.2) is 17.7 Å². The lowest BCUT2D eigenvalue weighted by atomic mass is 9.92. The maximum Gasteiger partial charge on any atom is 0.0672 e. The van der Waals surface area contributed by atoms with Gasteiger partial charge in [0.25, 0.3) is 0 Å². The number of nitrogens with zero attached hydrogens (tertiary/aromatic N) is 1. The standard InChI is InChI=1S/C14H17ClN2/c1-16-9-6-7-10-11-4-3-5-12(15)14(11)17(2)13(10)8-9/h3-5,9,16H,6-8H2,1-2H3. The third-order valence-electron chi connectivity index (χ3n) is 3.99. The molecule has 2 aromatic rings. The van der Waals surface area contributed by atoms with Crippen LogP contribution in [0.3, 0.4) is 0 Å². The van der Waals surface area contributed by atoms with Crippen LogP contribution >= 0.6 is 11.6 Å². The highest BCUT2D eigenvalue weighted by Gasteiger charge is 2.23. The normalized spacial score (nSPS) is 19.6. The second kappa shape index (κ2) is 4.04. The van der Waals surface area contributed by atoms with E-state index in [0.29, 0.717) is 6.04 Å². The van der Waals surface area contributed by atoms with Crippen LogP contribution in [0.25, 0.3) is 10.9 Å². The van der Waals surface area contributed by atoms with Gasteiger partial charge in [0.2, 0.25) is 0 Å². The Kier molecular flexibility index (Phi) is 2.64. The lowest BCUT2D eigenvalue weighted by Gasteiger charge is -2.23. The summed E-state index contributed by atoms with van der Waals surface area (Å²) in [5.74, 6) is 0. The second-order valence-electron chi connectivity index (χ2n) is 4.85. The van der Waals surface area contributed by atoms with Gasteiger partial charge in [-0.2, -0.15) is 0 Å². The number of aryl methyl sites for hydroxylation is 2. The quantitative estimate of drug-likeness (QED) is 0.821. The molecule has 0 saturated heterocycles. The van der Waals surface area contributed by atoms with E-state index in [2.05, 4.69) is 29.1 Å². The van der Waals surface area contributed by atoms with Gasteiger partial charge >= 0.3 is 0 Å². The van der Waals surface area contributed by atoms with Gasteiger partial charge in [-0.05, 0) is 31.5 Å². The van der Waals surface area contributed by atoms with Crippen LogP contribution in [0.4, 0.5) is 0 Å². The predicted molar refractivity (Wildman–Crippen MR) is 72.8 cm³/mol. The van der Waals surface area contributed by atoms with E-state index in [1.165, 1.54) is 28.6 Å². The molecule has 1 heterocycles. The molecule has 1 unspecified atom stereocenters. The number of hydrogen-bond acceptors (Lipinski definition) is 1.